The van der Waals surface area contributed by atoms with Gasteiger partial charge in [0.2, 0.25) is 5.78 Å². The summed E-state index contributed by atoms with van der Waals surface area (Å²) in [6.07, 6.45) is 2.88. The molecule has 0 fully saturated rings. The normalized spacial score (nSPS) is 15.8. The standard InChI is InChI=1S/C25H15ClF2N2O5/c1-34-19-10-14(26)8-13-9-18(35-24(13)19)22(31)20-21(12-4-6-29-7-5-12)30(25(33)23(20)32)15-2-3-16(27)17(28)11-15/h2-11,21,32H,1H3. The summed E-state index contributed by atoms with van der Waals surface area (Å²) in [5.41, 5.74) is 0.308. The fraction of sp³-hybridized carbons (Fsp3) is 0.0800. The summed E-state index contributed by atoms with van der Waals surface area (Å²) in [6.45, 7) is 0. The molecule has 0 bridgehead atoms. The highest BCUT2D eigenvalue weighted by atomic mass is 35.5. The molecule has 1 N–H and O–H groups in total. The van der Waals surface area contributed by atoms with E-state index in [0.29, 0.717) is 21.7 Å². The number of pyridine rings is 1. The van der Waals surface area contributed by atoms with Gasteiger partial charge in [-0.15, -0.1) is 0 Å². The number of methoxy groups -OCH3 is 1. The number of carbonyl (C=O) groups excluding carboxylic acids is 2. The zero-order chi connectivity index (χ0) is 24.9. The Morgan fingerprint density at radius 2 is 1.86 bits per heavy atom. The highest BCUT2D eigenvalue weighted by Gasteiger charge is 2.45. The lowest BCUT2D eigenvalue weighted by Crippen LogP contribution is -2.31. The van der Waals surface area contributed by atoms with Crippen LogP contribution in [0.1, 0.15) is 22.2 Å². The smallest absolute Gasteiger partial charge is 0.294 e. The zero-order valence-corrected chi connectivity index (χ0v) is 18.7. The quantitative estimate of drug-likeness (QED) is 0.364. The largest absolute Gasteiger partial charge is 0.503 e. The molecule has 0 aliphatic carbocycles. The van der Waals surface area contributed by atoms with E-state index in [1.54, 1.807) is 6.07 Å². The summed E-state index contributed by atoms with van der Waals surface area (Å²) >= 11 is 6.10. The van der Waals surface area contributed by atoms with Gasteiger partial charge in [0.25, 0.3) is 5.91 Å². The predicted octanol–water partition coefficient (Wildman–Crippen LogP) is 5.55. The first-order valence-electron chi connectivity index (χ1n) is 10.2. The number of rotatable bonds is 5. The third-order valence-electron chi connectivity index (χ3n) is 5.65. The Bertz CT molecular complexity index is 1530. The second-order valence-electron chi connectivity index (χ2n) is 7.69. The van der Waals surface area contributed by atoms with E-state index in [-0.39, 0.29) is 22.6 Å². The topological polar surface area (TPSA) is 92.9 Å². The number of anilines is 1. The monoisotopic (exact) mass is 496 g/mol. The number of hydrogen-bond donors (Lipinski definition) is 1. The van der Waals surface area contributed by atoms with Crippen molar-refractivity contribution in [1.82, 2.24) is 4.98 Å². The number of ketones is 1. The van der Waals surface area contributed by atoms with Crippen LogP contribution in [0.2, 0.25) is 5.02 Å². The molecule has 10 heteroatoms. The number of aliphatic hydroxyl groups excluding tert-OH is 1. The lowest BCUT2D eigenvalue weighted by molar-refractivity contribution is -0.117. The summed E-state index contributed by atoms with van der Waals surface area (Å²) in [7, 11) is 1.41. The average Bonchev–Trinajstić information content (AvgIpc) is 3.39. The van der Waals surface area contributed by atoms with Gasteiger partial charge in [-0.2, -0.15) is 0 Å². The van der Waals surface area contributed by atoms with Gasteiger partial charge in [-0.3, -0.25) is 19.5 Å². The molecule has 1 amide bonds. The van der Waals surface area contributed by atoms with Gasteiger partial charge in [0.15, 0.2) is 34.5 Å². The van der Waals surface area contributed by atoms with Crippen molar-refractivity contribution in [3.05, 3.63) is 100 Å². The van der Waals surface area contributed by atoms with Crippen molar-refractivity contribution >= 4 is 39.9 Å². The second kappa shape index (κ2) is 8.52. The fourth-order valence-corrected chi connectivity index (χ4v) is 4.30. The van der Waals surface area contributed by atoms with Crippen LogP contribution in [-0.4, -0.2) is 28.9 Å². The van der Waals surface area contributed by atoms with Crippen molar-refractivity contribution in [3.8, 4) is 5.75 Å². The van der Waals surface area contributed by atoms with Crippen LogP contribution >= 0.6 is 11.6 Å². The van der Waals surface area contributed by atoms with E-state index in [1.807, 2.05) is 0 Å². The summed E-state index contributed by atoms with van der Waals surface area (Å²) in [4.78, 5) is 31.7. The maximum absolute atomic E-state index is 14.0. The molecule has 2 aromatic heterocycles. The molecule has 176 valence electrons. The number of hydrogen-bond acceptors (Lipinski definition) is 6. The van der Waals surface area contributed by atoms with Crippen LogP contribution < -0.4 is 9.64 Å². The molecule has 0 saturated carbocycles. The maximum atomic E-state index is 14.0. The van der Waals surface area contributed by atoms with Crippen LogP contribution in [-0.2, 0) is 4.79 Å². The summed E-state index contributed by atoms with van der Waals surface area (Å²) in [5.74, 6) is -4.77. The number of amides is 1. The van der Waals surface area contributed by atoms with Crippen LogP contribution in [0.3, 0.4) is 0 Å². The van der Waals surface area contributed by atoms with Gasteiger partial charge in [0.05, 0.1) is 18.7 Å². The minimum atomic E-state index is -1.19. The molecule has 3 heterocycles. The minimum Gasteiger partial charge on any atom is -0.503 e. The van der Waals surface area contributed by atoms with Crippen LogP contribution in [0.4, 0.5) is 14.5 Å². The molecular formula is C25H15ClF2N2O5. The van der Waals surface area contributed by atoms with Gasteiger partial charge in [0, 0.05) is 40.6 Å². The van der Waals surface area contributed by atoms with Gasteiger partial charge >= 0.3 is 0 Å². The third kappa shape index (κ3) is 3.70. The van der Waals surface area contributed by atoms with Gasteiger partial charge in [0.1, 0.15) is 0 Å². The lowest BCUT2D eigenvalue weighted by atomic mass is 9.95. The zero-order valence-electron chi connectivity index (χ0n) is 18.0. The van der Waals surface area contributed by atoms with Crippen molar-refractivity contribution in [2.45, 2.75) is 6.04 Å². The lowest BCUT2D eigenvalue weighted by Gasteiger charge is -2.26. The van der Waals surface area contributed by atoms with Crippen LogP contribution in [0.15, 0.2) is 76.7 Å². The molecule has 0 spiro atoms. The molecule has 1 aliphatic rings. The van der Waals surface area contributed by atoms with E-state index in [9.17, 15) is 23.5 Å². The SMILES string of the molecule is COc1cc(Cl)cc2cc(C(=O)C3=C(O)C(=O)N(c4ccc(F)c(F)c4)C3c3ccncc3)oc12. The Kier molecular flexibility index (Phi) is 5.49. The third-order valence-corrected chi connectivity index (χ3v) is 5.86. The number of carbonyl (C=O) groups is 2. The van der Waals surface area contributed by atoms with Crippen molar-refractivity contribution < 1.29 is 32.6 Å². The van der Waals surface area contributed by atoms with Gasteiger partial charge in [-0.25, -0.2) is 8.78 Å². The number of halogens is 3. The minimum absolute atomic E-state index is 0.0527. The molecule has 0 saturated heterocycles. The van der Waals surface area contributed by atoms with E-state index >= 15 is 0 Å². The maximum Gasteiger partial charge on any atom is 0.294 e. The van der Waals surface area contributed by atoms with Gasteiger partial charge < -0.3 is 14.3 Å². The van der Waals surface area contributed by atoms with E-state index in [4.69, 9.17) is 20.8 Å². The number of furan rings is 1. The van der Waals surface area contributed by atoms with E-state index < -0.39 is 35.1 Å². The number of aliphatic hydroxyl groups is 1. The van der Waals surface area contributed by atoms with E-state index in [1.165, 1.54) is 49.8 Å². The molecule has 2 aromatic carbocycles. The van der Waals surface area contributed by atoms with Crippen molar-refractivity contribution in [3.63, 3.8) is 0 Å². The Morgan fingerprint density at radius 1 is 1.11 bits per heavy atom. The number of aromatic nitrogens is 1. The molecule has 1 aliphatic heterocycles. The Labute approximate surface area is 201 Å². The molecule has 5 rings (SSSR count). The van der Waals surface area contributed by atoms with E-state index in [2.05, 4.69) is 4.98 Å². The number of ether oxygens (including phenoxy) is 1. The number of fused-ring (bicyclic) bond motifs is 1. The first-order chi connectivity index (χ1) is 16.8. The number of nitrogens with zero attached hydrogens (tertiary/aromatic N) is 2. The number of benzene rings is 2. The van der Waals surface area contributed by atoms with Gasteiger partial charge in [-0.05, 0) is 42.0 Å². The van der Waals surface area contributed by atoms with Crippen molar-refractivity contribution in [1.29, 1.82) is 0 Å². The molecule has 0 radical (unpaired) electrons. The summed E-state index contributed by atoms with van der Waals surface area (Å²) in [6, 6.07) is 9.27. The highest BCUT2D eigenvalue weighted by Crippen LogP contribution is 2.43. The van der Waals surface area contributed by atoms with Crippen LogP contribution in [0.25, 0.3) is 11.0 Å². The first kappa shape index (κ1) is 22.5. The molecule has 4 aromatic rings. The molecular weight excluding hydrogens is 482 g/mol. The summed E-state index contributed by atoms with van der Waals surface area (Å²) in [5, 5.41) is 11.6. The second-order valence-corrected chi connectivity index (χ2v) is 8.12. The average molecular weight is 497 g/mol. The Morgan fingerprint density at radius 3 is 2.54 bits per heavy atom. The molecule has 7 nitrogen and oxygen atoms in total. The highest BCUT2D eigenvalue weighted by molar-refractivity contribution is 6.31. The molecule has 1 atom stereocenters. The van der Waals surface area contributed by atoms with Gasteiger partial charge in [-0.1, -0.05) is 11.6 Å². The van der Waals surface area contributed by atoms with Crippen LogP contribution in [0, 0.1) is 11.6 Å². The number of Topliss-reactive ketones (excluding diaryl/α,β-unsaturated/α-hetero) is 1. The molecule has 35 heavy (non-hydrogen) atoms. The Hall–Kier alpha value is -4.24. The molecule has 1 unspecified atom stereocenters. The first-order valence-corrected chi connectivity index (χ1v) is 10.6. The summed E-state index contributed by atoms with van der Waals surface area (Å²) < 4.78 is 38.6. The fourth-order valence-electron chi connectivity index (χ4n) is 4.08. The predicted molar refractivity (Wildman–Crippen MR) is 123 cm³/mol. The van der Waals surface area contributed by atoms with E-state index in [0.717, 1.165) is 17.0 Å². The van der Waals surface area contributed by atoms with Crippen LogP contribution in [0.5, 0.6) is 5.75 Å². The van der Waals surface area contributed by atoms with Crippen molar-refractivity contribution in [2.24, 2.45) is 0 Å². The van der Waals surface area contributed by atoms with Crippen molar-refractivity contribution in [2.75, 3.05) is 12.0 Å². The Balaban J connectivity index is 1.66.